The minimum absolute atomic E-state index is 0.0552. The molecular formula is C8H13N3O3. The molecule has 1 amide bonds. The van der Waals surface area contributed by atoms with Crippen molar-refractivity contribution in [2.45, 2.75) is 37.4 Å². The van der Waals surface area contributed by atoms with E-state index in [9.17, 15) is 14.9 Å². The summed E-state index contributed by atoms with van der Waals surface area (Å²) in [5.41, 5.74) is 0. The number of fused-ring (bicyclic) bond motifs is 1. The van der Waals surface area contributed by atoms with E-state index in [4.69, 9.17) is 0 Å². The van der Waals surface area contributed by atoms with Gasteiger partial charge in [0.15, 0.2) is 0 Å². The molecule has 0 radical (unpaired) electrons. The summed E-state index contributed by atoms with van der Waals surface area (Å²) in [5, 5.41) is 16.5. The number of hydrogen-bond donors (Lipinski definition) is 2. The van der Waals surface area contributed by atoms with Crippen molar-refractivity contribution < 1.29 is 9.72 Å². The van der Waals surface area contributed by atoms with Crippen LogP contribution >= 0.6 is 0 Å². The van der Waals surface area contributed by atoms with Crippen LogP contribution in [-0.4, -0.2) is 35.5 Å². The van der Waals surface area contributed by atoms with Crippen LogP contribution in [0, 0.1) is 10.1 Å². The highest BCUT2D eigenvalue weighted by atomic mass is 16.6. The van der Waals surface area contributed by atoms with Crippen molar-refractivity contribution in [2.75, 3.05) is 6.54 Å². The number of piperazine rings is 1. The highest BCUT2D eigenvalue weighted by molar-refractivity contribution is 5.79. The van der Waals surface area contributed by atoms with Crippen molar-refractivity contribution in [1.29, 1.82) is 0 Å². The van der Waals surface area contributed by atoms with E-state index in [2.05, 4.69) is 10.6 Å². The normalized spacial score (nSPS) is 37.1. The van der Waals surface area contributed by atoms with E-state index in [0.717, 1.165) is 12.8 Å². The summed E-state index contributed by atoms with van der Waals surface area (Å²) >= 11 is 0. The Kier molecular flexibility index (Phi) is 2.37. The molecule has 78 valence electrons. The van der Waals surface area contributed by atoms with Gasteiger partial charge >= 0.3 is 0 Å². The lowest BCUT2D eigenvalue weighted by atomic mass is 9.85. The van der Waals surface area contributed by atoms with Gasteiger partial charge in [0.05, 0.1) is 18.6 Å². The molecule has 14 heavy (non-hydrogen) atoms. The van der Waals surface area contributed by atoms with Crippen LogP contribution in [0.15, 0.2) is 0 Å². The van der Waals surface area contributed by atoms with Crippen molar-refractivity contribution in [3.63, 3.8) is 0 Å². The molecular weight excluding hydrogens is 186 g/mol. The number of amides is 1. The van der Waals surface area contributed by atoms with Crippen LogP contribution in [0.5, 0.6) is 0 Å². The van der Waals surface area contributed by atoms with Gasteiger partial charge < -0.3 is 5.32 Å². The Morgan fingerprint density at radius 3 is 2.93 bits per heavy atom. The Bertz CT molecular complexity index is 269. The second-order valence-electron chi connectivity index (χ2n) is 3.86. The van der Waals surface area contributed by atoms with Gasteiger partial charge in [-0.3, -0.25) is 20.2 Å². The first-order valence-corrected chi connectivity index (χ1v) is 4.85. The summed E-state index contributed by atoms with van der Waals surface area (Å²) in [6.07, 6.45) is 2.26. The summed E-state index contributed by atoms with van der Waals surface area (Å²) in [7, 11) is 0. The number of hydrogen-bond acceptors (Lipinski definition) is 4. The number of rotatable bonds is 1. The minimum atomic E-state index is -0.547. The predicted octanol–water partition coefficient (Wildman–Crippen LogP) is -0.728. The summed E-state index contributed by atoms with van der Waals surface area (Å²) in [5.74, 6) is -0.0600. The maximum absolute atomic E-state index is 11.1. The largest absolute Gasteiger partial charge is 0.350 e. The van der Waals surface area contributed by atoms with Crippen molar-refractivity contribution in [2.24, 2.45) is 0 Å². The Hall–Kier alpha value is -1.17. The van der Waals surface area contributed by atoms with E-state index in [0.29, 0.717) is 6.42 Å². The van der Waals surface area contributed by atoms with E-state index in [-0.39, 0.29) is 29.5 Å². The van der Waals surface area contributed by atoms with Gasteiger partial charge in [0.2, 0.25) is 11.9 Å². The molecule has 0 aromatic heterocycles. The third-order valence-electron chi connectivity index (χ3n) is 2.98. The molecule has 2 aliphatic rings. The zero-order chi connectivity index (χ0) is 10.1. The van der Waals surface area contributed by atoms with Crippen LogP contribution in [0.3, 0.4) is 0 Å². The van der Waals surface area contributed by atoms with E-state index in [1.165, 1.54) is 0 Å². The molecule has 2 rings (SSSR count). The first-order chi connectivity index (χ1) is 6.68. The Morgan fingerprint density at radius 1 is 1.43 bits per heavy atom. The van der Waals surface area contributed by atoms with E-state index in [1.54, 1.807) is 0 Å². The molecule has 3 atom stereocenters. The second kappa shape index (κ2) is 3.53. The van der Waals surface area contributed by atoms with Gasteiger partial charge in [-0.1, -0.05) is 0 Å². The lowest BCUT2D eigenvalue weighted by Gasteiger charge is -2.37. The van der Waals surface area contributed by atoms with Gasteiger partial charge in [0.1, 0.15) is 0 Å². The van der Waals surface area contributed by atoms with Gasteiger partial charge in [0.25, 0.3) is 0 Å². The fourth-order valence-corrected chi connectivity index (χ4v) is 2.32. The zero-order valence-corrected chi connectivity index (χ0v) is 7.73. The fraction of sp³-hybridized carbons (Fsp3) is 0.875. The highest BCUT2D eigenvalue weighted by Gasteiger charge is 2.43. The number of nitrogens with zero attached hydrogens (tertiary/aromatic N) is 1. The zero-order valence-electron chi connectivity index (χ0n) is 7.73. The third kappa shape index (κ3) is 1.57. The maximum Gasteiger partial charge on any atom is 0.234 e. The molecule has 2 fully saturated rings. The molecule has 1 aliphatic carbocycles. The average Bonchev–Trinajstić information content (AvgIpc) is 2.16. The van der Waals surface area contributed by atoms with Gasteiger partial charge in [-0.2, -0.15) is 0 Å². The summed E-state index contributed by atoms with van der Waals surface area (Å²) in [6, 6.07) is -0.786. The summed E-state index contributed by atoms with van der Waals surface area (Å²) in [6.45, 7) is 0.200. The first kappa shape index (κ1) is 9.39. The molecule has 1 saturated heterocycles. The lowest BCUT2D eigenvalue weighted by Crippen LogP contribution is -2.65. The van der Waals surface area contributed by atoms with Crippen LogP contribution in [0.1, 0.15) is 19.3 Å². The monoisotopic (exact) mass is 199 g/mol. The fourth-order valence-electron chi connectivity index (χ4n) is 2.32. The number of carbonyl (C=O) groups excluding carboxylic acids is 1. The lowest BCUT2D eigenvalue weighted by molar-refractivity contribution is -0.530. The topological polar surface area (TPSA) is 84.3 Å². The minimum Gasteiger partial charge on any atom is -0.350 e. The number of carbonyl (C=O) groups is 1. The third-order valence-corrected chi connectivity index (χ3v) is 2.98. The molecule has 6 nitrogen and oxygen atoms in total. The van der Waals surface area contributed by atoms with Crippen LogP contribution in [-0.2, 0) is 4.79 Å². The molecule has 0 spiro atoms. The average molecular weight is 199 g/mol. The van der Waals surface area contributed by atoms with Gasteiger partial charge in [0, 0.05) is 11.3 Å². The predicted molar refractivity (Wildman–Crippen MR) is 48.4 cm³/mol. The SMILES string of the molecule is O=C1CNC2C(CCCC2[N+](=O)[O-])N1. The molecule has 0 aromatic rings. The van der Waals surface area contributed by atoms with Crippen LogP contribution < -0.4 is 10.6 Å². The van der Waals surface area contributed by atoms with Gasteiger partial charge in [-0.15, -0.1) is 0 Å². The van der Waals surface area contributed by atoms with E-state index >= 15 is 0 Å². The summed E-state index contributed by atoms with van der Waals surface area (Å²) in [4.78, 5) is 21.6. The molecule has 0 bridgehead atoms. The van der Waals surface area contributed by atoms with Crippen LogP contribution in [0.4, 0.5) is 0 Å². The van der Waals surface area contributed by atoms with E-state index < -0.39 is 6.04 Å². The van der Waals surface area contributed by atoms with Crippen LogP contribution in [0.25, 0.3) is 0 Å². The molecule has 6 heteroatoms. The summed E-state index contributed by atoms with van der Waals surface area (Å²) < 4.78 is 0. The van der Waals surface area contributed by atoms with Crippen molar-refractivity contribution >= 4 is 5.91 Å². The molecule has 1 aliphatic heterocycles. The van der Waals surface area contributed by atoms with Crippen molar-refractivity contribution in [3.05, 3.63) is 10.1 Å². The van der Waals surface area contributed by atoms with Crippen molar-refractivity contribution in [1.82, 2.24) is 10.6 Å². The van der Waals surface area contributed by atoms with Gasteiger partial charge in [-0.05, 0) is 12.8 Å². The maximum atomic E-state index is 11.1. The molecule has 1 heterocycles. The molecule has 3 unspecified atom stereocenters. The van der Waals surface area contributed by atoms with Crippen molar-refractivity contribution in [3.8, 4) is 0 Å². The number of nitrogens with one attached hydrogen (secondary N) is 2. The second-order valence-corrected chi connectivity index (χ2v) is 3.86. The molecule has 1 saturated carbocycles. The standard InChI is InChI=1S/C8H13N3O3/c12-7-4-9-8-5(10-7)2-1-3-6(8)11(13)14/h5-6,8-9H,1-4H2,(H,10,12). The Morgan fingerprint density at radius 2 is 2.21 bits per heavy atom. The quantitative estimate of drug-likeness (QED) is 0.431. The Balaban J connectivity index is 2.09. The molecule has 2 N–H and O–H groups in total. The van der Waals surface area contributed by atoms with E-state index in [1.807, 2.05) is 0 Å². The number of nitro groups is 1. The smallest absolute Gasteiger partial charge is 0.234 e. The first-order valence-electron chi connectivity index (χ1n) is 4.85. The van der Waals surface area contributed by atoms with Gasteiger partial charge in [-0.25, -0.2) is 0 Å². The Labute approximate surface area is 81.2 Å². The van der Waals surface area contributed by atoms with Crippen LogP contribution in [0.2, 0.25) is 0 Å². The highest BCUT2D eigenvalue weighted by Crippen LogP contribution is 2.22. The molecule has 0 aromatic carbocycles.